The first-order valence-corrected chi connectivity index (χ1v) is 53.4. The predicted molar refractivity (Wildman–Crippen MR) is 578 cm³/mol. The standard InChI is InChI=1S/C30H40ClN5O3.C29H38ClN5O3.C27H34FN5O3.C26H31Cl2N5O3/c1-5-6-7-23-17-22(30(39)34(3)4)18-27(32-23)33-29(38)26-10-11-28(37)36(26)24-12-14-35(15-13-24)19-21-8-9-25(31)20(2)16-21;1-18(2)24-15-21(29(38)33(4)5)16-26(31-24)32-28(37)25-8-9-27(36)35(25)22-10-12-34(13-11-22)17-20-6-7-23(30)19(3)14-20;1-17-13-19(5-6-22(17)28)16-32-11-9-21(10-12-32)33-23(7-8-25(33)34)26(35)30-24-15-20(14-18(2)29-24)27(36)31(3)4;1-16-12-18(26(36)31(2)3)14-23(29-16)30-25(35)22-6-7-24(34)33(22)19-8-10-32(11-9-19)15-17-4-5-20(27)21(28)13-17/h8-9,16-18,24,26H,5-7,10-15,19H2,1-4H3,(H,32,33,38);6-7,14-16,18,22,25H,8-13,17H2,1-5H3,(H,31,32,37);5-6,13-15,21,23H,7-12,16H2,1-4H3,(H,29,30,35);4-5,12-14,19,22H,6-11,15H2,1-3H3,(H,29,30,35)/t26-;25-;23-;22-/m1111/s1. The van der Waals surface area contributed by atoms with Crippen molar-refractivity contribution in [2.45, 2.75) is 258 Å². The molecule has 4 aromatic carbocycles. The van der Waals surface area contributed by atoms with Crippen molar-refractivity contribution >= 4 is 141 Å². The summed E-state index contributed by atoms with van der Waals surface area (Å²) in [4.78, 5) is 195. The molecule has 12 heterocycles. The van der Waals surface area contributed by atoms with E-state index in [4.69, 9.17) is 46.4 Å². The van der Waals surface area contributed by atoms with E-state index in [0.717, 1.165) is 193 Å². The number of nitrogens with one attached hydrogen (secondary N) is 4. The SMILES string of the molecule is CCCCc1cc(C(=O)N(C)C)cc(NC(=O)[C@H]2CCC(=O)N2C2CCN(Cc3ccc(Cl)c(C)c3)CC2)n1.Cc1cc(C(=O)N(C)C)cc(NC(=O)[C@H]2CCC(=O)N2C2CCN(Cc3ccc(Cl)c(Cl)c3)CC2)n1.Cc1cc(C(=O)N(C)C)cc(NC(=O)[C@H]2CCC(=O)N2C2CCN(Cc3ccc(F)c(C)c3)CC2)n1.Cc1cc(CN2CCC(N3C(=O)CC[C@@H]3C(=O)Nc3cc(C(=O)N(C)C)cc(C(C)C)n3)CC2)ccc1Cl. The maximum absolute atomic E-state index is 13.6. The summed E-state index contributed by atoms with van der Waals surface area (Å²) >= 11 is 24.5. The first kappa shape index (κ1) is 114. The normalized spacial score (nSPS) is 18.8. The van der Waals surface area contributed by atoms with Crippen LogP contribution in [0.5, 0.6) is 0 Å². The van der Waals surface area contributed by atoms with Crippen molar-refractivity contribution in [3.05, 3.63) is 231 Å². The average molecular weight is 2120 g/mol. The number of pyridine rings is 4. The van der Waals surface area contributed by atoms with Gasteiger partial charge in [-0.1, -0.05) is 116 Å². The van der Waals surface area contributed by atoms with Gasteiger partial charge in [0, 0.05) is 240 Å². The number of halogens is 5. The maximum Gasteiger partial charge on any atom is 0.253 e. The van der Waals surface area contributed by atoms with E-state index >= 15 is 0 Å². The molecule has 4 aromatic heterocycles. The average Bonchev–Trinajstić information content (AvgIpc) is 1.68. The Morgan fingerprint density at radius 1 is 0.349 bits per heavy atom. The number of anilines is 4. The van der Waals surface area contributed by atoms with E-state index in [9.17, 15) is 61.9 Å². The molecule has 8 fully saturated rings. The molecule has 0 unspecified atom stereocenters. The van der Waals surface area contributed by atoms with Gasteiger partial charge in [-0.15, -0.1) is 0 Å². The Bertz CT molecular complexity index is 6040. The topological polar surface area (TPSA) is 343 Å². The maximum atomic E-state index is 13.6. The summed E-state index contributed by atoms with van der Waals surface area (Å²) in [5.74, 6) is -0.310. The molecule has 8 saturated heterocycles. The number of hydrogen-bond acceptors (Lipinski definition) is 20. The van der Waals surface area contributed by atoms with Gasteiger partial charge in [0.2, 0.25) is 47.3 Å². The third-order valence-corrected chi connectivity index (χ3v) is 30.5. The number of unbranched alkanes of at least 4 members (excludes halogenated alkanes) is 1. The summed E-state index contributed by atoms with van der Waals surface area (Å²) in [7, 11) is 13.5. The minimum atomic E-state index is -0.552. The number of aryl methyl sites for hydroxylation is 6. The number of nitrogens with zero attached hydrogens (tertiary/aromatic N) is 16. The lowest BCUT2D eigenvalue weighted by atomic mass is 10.0. The molecule has 8 aliphatic rings. The third-order valence-electron chi connectivity index (χ3n) is 28.9. The van der Waals surface area contributed by atoms with Crippen LogP contribution < -0.4 is 21.3 Å². The summed E-state index contributed by atoms with van der Waals surface area (Å²) in [6, 6.07) is 34.4. The van der Waals surface area contributed by atoms with Crippen LogP contribution in [0.25, 0.3) is 0 Å². The van der Waals surface area contributed by atoms with E-state index in [1.54, 1.807) is 146 Å². The van der Waals surface area contributed by atoms with Crippen LogP contribution in [0, 0.1) is 40.4 Å². The Hall–Kier alpha value is -12.0. The van der Waals surface area contributed by atoms with Gasteiger partial charge < -0.3 is 60.5 Å². The Balaban J connectivity index is 0.000000166. The van der Waals surface area contributed by atoms with Crippen LogP contribution in [0.3, 0.4) is 0 Å². The molecule has 32 nitrogen and oxygen atoms in total. The monoisotopic (exact) mass is 2120 g/mol. The van der Waals surface area contributed by atoms with Gasteiger partial charge in [0.05, 0.1) is 10.0 Å². The third kappa shape index (κ3) is 30.3. The Labute approximate surface area is 894 Å². The van der Waals surface area contributed by atoms with Crippen LogP contribution in [0.15, 0.2) is 121 Å². The number of likely N-dealkylation sites (tertiary alicyclic amines) is 8. The molecular weight excluding hydrogens is 1980 g/mol. The Morgan fingerprint density at radius 2 is 0.631 bits per heavy atom. The molecule has 4 N–H and O–H groups in total. The first-order valence-electron chi connectivity index (χ1n) is 51.9. The second-order valence-electron chi connectivity index (χ2n) is 41.6. The number of amides is 12. The van der Waals surface area contributed by atoms with Gasteiger partial charge in [-0.05, 0) is 248 Å². The number of hydrogen-bond donors (Lipinski definition) is 4. The van der Waals surface area contributed by atoms with Crippen LogP contribution in [-0.4, -0.2) is 307 Å². The van der Waals surface area contributed by atoms with Gasteiger partial charge in [-0.3, -0.25) is 77.1 Å². The molecule has 8 aliphatic heterocycles. The van der Waals surface area contributed by atoms with Gasteiger partial charge in [0.1, 0.15) is 53.3 Å². The first-order chi connectivity index (χ1) is 70.9. The zero-order valence-electron chi connectivity index (χ0n) is 88.6. The van der Waals surface area contributed by atoms with Crippen LogP contribution in [0.2, 0.25) is 20.1 Å². The van der Waals surface area contributed by atoms with E-state index < -0.39 is 24.2 Å². The highest BCUT2D eigenvalue weighted by Gasteiger charge is 2.47. The molecule has 798 valence electrons. The molecule has 4 atom stereocenters. The Kier molecular flexibility index (Phi) is 40.0. The minimum absolute atomic E-state index is 0.00157. The number of aromatic nitrogens is 4. The van der Waals surface area contributed by atoms with E-state index in [1.807, 2.05) is 69.0 Å². The Morgan fingerprint density at radius 3 is 0.926 bits per heavy atom. The van der Waals surface area contributed by atoms with E-state index in [2.05, 4.69) is 92.0 Å². The van der Waals surface area contributed by atoms with Gasteiger partial charge in [0.15, 0.2) is 0 Å². The number of carbonyl (C=O) groups excluding carboxylic acids is 12. The number of piperidine rings is 4. The summed E-state index contributed by atoms with van der Waals surface area (Å²) in [5, 5.41) is 14.2. The fraction of sp³-hybridized carbons (Fsp3) is 0.500. The van der Waals surface area contributed by atoms with Crippen molar-refractivity contribution < 1.29 is 61.9 Å². The number of benzene rings is 4. The largest absolute Gasteiger partial charge is 0.345 e. The van der Waals surface area contributed by atoms with Gasteiger partial charge >= 0.3 is 0 Å². The molecule has 37 heteroatoms. The summed E-state index contributed by atoms with van der Waals surface area (Å²) in [6.45, 7) is 25.3. The molecule has 0 bridgehead atoms. The molecule has 149 heavy (non-hydrogen) atoms. The van der Waals surface area contributed by atoms with Gasteiger partial charge in [0.25, 0.3) is 23.6 Å². The smallest absolute Gasteiger partial charge is 0.253 e. The zero-order valence-corrected chi connectivity index (χ0v) is 91.6. The fourth-order valence-electron chi connectivity index (χ4n) is 21.1. The van der Waals surface area contributed by atoms with Gasteiger partial charge in [-0.2, -0.15) is 0 Å². The van der Waals surface area contributed by atoms with Crippen molar-refractivity contribution in [2.24, 2.45) is 0 Å². The molecule has 0 spiro atoms. The lowest BCUT2D eigenvalue weighted by molar-refractivity contribution is -0.136. The molecule has 0 saturated carbocycles. The predicted octanol–water partition coefficient (Wildman–Crippen LogP) is 16.3. The zero-order chi connectivity index (χ0) is 108. The molecular formula is C112H143Cl4FN20O12. The van der Waals surface area contributed by atoms with Crippen LogP contribution in [0.1, 0.15) is 245 Å². The summed E-state index contributed by atoms with van der Waals surface area (Å²) in [5.41, 5.74) is 12.0. The second kappa shape index (κ2) is 52.2. The van der Waals surface area contributed by atoms with Crippen LogP contribution >= 0.6 is 46.4 Å². The minimum Gasteiger partial charge on any atom is -0.345 e. The van der Waals surface area contributed by atoms with Crippen molar-refractivity contribution in [3.8, 4) is 0 Å². The lowest BCUT2D eigenvalue weighted by Gasteiger charge is -2.39. The summed E-state index contributed by atoms with van der Waals surface area (Å²) < 4.78 is 13.6. The second-order valence-corrected chi connectivity index (χ2v) is 43.3. The molecule has 12 amide bonds. The van der Waals surface area contributed by atoms with E-state index in [0.29, 0.717) is 124 Å². The molecule has 0 aliphatic carbocycles. The molecule has 16 rings (SSSR count). The highest BCUT2D eigenvalue weighted by Crippen LogP contribution is 2.37. The highest BCUT2D eigenvalue weighted by atomic mass is 35.5. The summed E-state index contributed by atoms with van der Waals surface area (Å²) in [6.07, 6.45) is 12.5. The fourth-order valence-corrected chi connectivity index (χ4v) is 21.6. The number of rotatable bonds is 28. The lowest BCUT2D eigenvalue weighted by Crippen LogP contribution is -2.51. The van der Waals surface area contributed by atoms with Crippen molar-refractivity contribution in [2.75, 3.05) is 130 Å². The van der Waals surface area contributed by atoms with E-state index in [1.165, 1.54) is 36.8 Å². The highest BCUT2D eigenvalue weighted by molar-refractivity contribution is 6.42. The molecule has 8 aromatic rings. The van der Waals surface area contributed by atoms with Crippen molar-refractivity contribution in [3.63, 3.8) is 0 Å². The van der Waals surface area contributed by atoms with Crippen LogP contribution in [0.4, 0.5) is 27.7 Å². The van der Waals surface area contributed by atoms with Crippen molar-refractivity contribution in [1.29, 1.82) is 0 Å². The number of carbonyl (C=O) groups is 12. The van der Waals surface area contributed by atoms with Gasteiger partial charge in [-0.25, -0.2) is 24.3 Å². The van der Waals surface area contributed by atoms with E-state index in [-0.39, 0.29) is 107 Å². The molecule has 0 radical (unpaired) electrons. The van der Waals surface area contributed by atoms with Crippen molar-refractivity contribution in [1.82, 2.24) is 78.7 Å². The van der Waals surface area contributed by atoms with Crippen LogP contribution in [-0.2, 0) is 71.0 Å². The quantitative estimate of drug-likeness (QED) is 0.0354.